The Kier molecular flexibility index (Phi) is 2.61. The van der Waals surface area contributed by atoms with Crippen LogP contribution in [-0.2, 0) is 4.79 Å². The van der Waals surface area contributed by atoms with Crippen molar-refractivity contribution in [1.29, 1.82) is 0 Å². The average Bonchev–Trinajstić information content (AvgIpc) is 2.63. The van der Waals surface area contributed by atoms with Crippen LogP contribution in [0, 0.1) is 0 Å². The SMILES string of the molecule is CC(C)(C)[Si](C)(C)N1C(=O)C[C@H]1c1nnn[nH]1. The highest BCUT2D eigenvalue weighted by atomic mass is 28.3. The van der Waals surface area contributed by atoms with E-state index >= 15 is 0 Å². The average molecular weight is 253 g/mol. The molecule has 1 amide bonds. The summed E-state index contributed by atoms with van der Waals surface area (Å²) in [6, 6.07) is 0.0402. The van der Waals surface area contributed by atoms with Gasteiger partial charge in [-0.1, -0.05) is 33.9 Å². The highest BCUT2D eigenvalue weighted by Gasteiger charge is 2.53. The van der Waals surface area contributed by atoms with Crippen molar-refractivity contribution >= 4 is 14.1 Å². The van der Waals surface area contributed by atoms with E-state index < -0.39 is 8.24 Å². The van der Waals surface area contributed by atoms with Gasteiger partial charge in [0.25, 0.3) is 0 Å². The molecule has 1 fully saturated rings. The Labute approximate surface area is 102 Å². The van der Waals surface area contributed by atoms with E-state index in [-0.39, 0.29) is 17.0 Å². The van der Waals surface area contributed by atoms with E-state index in [1.807, 2.05) is 4.57 Å². The molecule has 0 unspecified atom stereocenters. The monoisotopic (exact) mass is 253 g/mol. The molecule has 94 valence electrons. The minimum absolute atomic E-state index is 0.0402. The first kappa shape index (κ1) is 12.2. The molecule has 1 aliphatic heterocycles. The van der Waals surface area contributed by atoms with Crippen LogP contribution in [0.3, 0.4) is 0 Å². The van der Waals surface area contributed by atoms with E-state index in [1.54, 1.807) is 0 Å². The number of carbonyl (C=O) groups is 1. The van der Waals surface area contributed by atoms with E-state index in [0.717, 1.165) is 0 Å². The fourth-order valence-electron chi connectivity index (χ4n) is 2.01. The number of hydrogen-bond acceptors (Lipinski definition) is 4. The third kappa shape index (κ3) is 1.78. The van der Waals surface area contributed by atoms with Gasteiger partial charge in [0.1, 0.15) is 0 Å². The molecule has 0 saturated carbocycles. The molecule has 1 aliphatic rings. The Morgan fingerprint density at radius 2 is 2.06 bits per heavy atom. The summed E-state index contributed by atoms with van der Waals surface area (Å²) in [6.45, 7) is 11.0. The van der Waals surface area contributed by atoms with Crippen LogP contribution in [0.15, 0.2) is 0 Å². The minimum Gasteiger partial charge on any atom is -0.359 e. The van der Waals surface area contributed by atoms with Gasteiger partial charge in [0.2, 0.25) is 5.91 Å². The largest absolute Gasteiger partial charge is 0.359 e. The molecule has 1 aromatic heterocycles. The Morgan fingerprint density at radius 1 is 1.41 bits per heavy atom. The van der Waals surface area contributed by atoms with Crippen molar-refractivity contribution in [2.45, 2.75) is 51.4 Å². The lowest BCUT2D eigenvalue weighted by atomic mass is 10.1. The molecule has 1 atom stereocenters. The Hall–Kier alpha value is -1.24. The van der Waals surface area contributed by atoms with Crippen LogP contribution in [0.5, 0.6) is 0 Å². The zero-order valence-electron chi connectivity index (χ0n) is 11.0. The van der Waals surface area contributed by atoms with E-state index in [2.05, 4.69) is 54.5 Å². The van der Waals surface area contributed by atoms with E-state index in [0.29, 0.717) is 12.2 Å². The predicted molar refractivity (Wildman–Crippen MR) is 65.6 cm³/mol. The van der Waals surface area contributed by atoms with Crippen molar-refractivity contribution in [3.8, 4) is 0 Å². The number of nitrogens with one attached hydrogen (secondary N) is 1. The zero-order chi connectivity index (χ0) is 12.8. The third-order valence-corrected chi connectivity index (χ3v) is 9.50. The lowest BCUT2D eigenvalue weighted by Crippen LogP contribution is -2.64. The summed E-state index contributed by atoms with van der Waals surface area (Å²) in [5.74, 6) is 0.924. The summed E-state index contributed by atoms with van der Waals surface area (Å²) < 4.78 is 2.02. The first-order valence-corrected chi connectivity index (χ1v) is 8.75. The van der Waals surface area contributed by atoms with Gasteiger partial charge >= 0.3 is 0 Å². The van der Waals surface area contributed by atoms with E-state index in [1.165, 1.54) is 0 Å². The summed E-state index contributed by atoms with van der Waals surface area (Å²) in [4.78, 5) is 11.9. The molecular formula is C10H19N5OSi. The maximum Gasteiger partial charge on any atom is 0.217 e. The lowest BCUT2D eigenvalue weighted by molar-refractivity contribution is -0.139. The zero-order valence-corrected chi connectivity index (χ0v) is 12.0. The Morgan fingerprint density at radius 3 is 2.47 bits per heavy atom. The van der Waals surface area contributed by atoms with Crippen molar-refractivity contribution in [3.05, 3.63) is 5.82 Å². The fourth-order valence-corrected chi connectivity index (χ4v) is 4.44. The highest BCUT2D eigenvalue weighted by molar-refractivity contribution is 6.79. The molecule has 0 radical (unpaired) electrons. The first-order valence-electron chi connectivity index (χ1n) is 5.81. The predicted octanol–water partition coefficient (Wildman–Crippen LogP) is 1.48. The van der Waals surface area contributed by atoms with Gasteiger partial charge in [-0.15, -0.1) is 5.10 Å². The highest BCUT2D eigenvalue weighted by Crippen LogP contribution is 2.46. The lowest BCUT2D eigenvalue weighted by Gasteiger charge is -2.53. The maximum atomic E-state index is 11.9. The number of hydrogen-bond donors (Lipinski definition) is 1. The van der Waals surface area contributed by atoms with Gasteiger partial charge in [-0.25, -0.2) is 5.10 Å². The van der Waals surface area contributed by atoms with Gasteiger partial charge in [-0.2, -0.15) is 0 Å². The fraction of sp³-hybridized carbons (Fsp3) is 0.800. The molecule has 0 aliphatic carbocycles. The molecule has 7 heteroatoms. The van der Waals surface area contributed by atoms with Crippen LogP contribution >= 0.6 is 0 Å². The molecular weight excluding hydrogens is 234 g/mol. The van der Waals surface area contributed by atoms with Gasteiger partial charge in [0.15, 0.2) is 14.1 Å². The molecule has 0 bridgehead atoms. The molecule has 1 aromatic rings. The van der Waals surface area contributed by atoms with Crippen molar-refractivity contribution in [2.75, 3.05) is 0 Å². The van der Waals surface area contributed by atoms with Crippen molar-refractivity contribution in [1.82, 2.24) is 25.2 Å². The number of β-lactam (4-membered cyclic amide) rings is 1. The summed E-state index contributed by atoms with van der Waals surface area (Å²) in [5, 5.41) is 14.0. The van der Waals surface area contributed by atoms with Gasteiger partial charge in [0, 0.05) is 0 Å². The number of rotatable bonds is 2. The van der Waals surface area contributed by atoms with Crippen LogP contribution in [0.25, 0.3) is 0 Å². The van der Waals surface area contributed by atoms with Crippen LogP contribution in [0.4, 0.5) is 0 Å². The molecule has 17 heavy (non-hydrogen) atoms. The Bertz CT molecular complexity index is 422. The number of nitrogens with zero attached hydrogens (tertiary/aromatic N) is 4. The topological polar surface area (TPSA) is 74.8 Å². The minimum atomic E-state index is -1.84. The molecule has 0 spiro atoms. The first-order chi connectivity index (χ1) is 7.75. The molecule has 1 N–H and O–H groups in total. The molecule has 1 saturated heterocycles. The normalized spacial score (nSPS) is 21.6. The third-order valence-electron chi connectivity index (χ3n) is 4.06. The van der Waals surface area contributed by atoms with E-state index in [4.69, 9.17) is 0 Å². The number of aromatic amines is 1. The molecule has 6 nitrogen and oxygen atoms in total. The van der Waals surface area contributed by atoms with Gasteiger partial charge in [0.05, 0.1) is 12.5 Å². The second-order valence-corrected chi connectivity index (χ2v) is 11.2. The smallest absolute Gasteiger partial charge is 0.217 e. The summed E-state index contributed by atoms with van der Waals surface area (Å²) >= 11 is 0. The number of H-pyrrole nitrogens is 1. The number of carbonyl (C=O) groups excluding carboxylic acids is 1. The molecule has 0 aromatic carbocycles. The van der Waals surface area contributed by atoms with Crippen LogP contribution in [0.2, 0.25) is 18.1 Å². The van der Waals surface area contributed by atoms with Crippen LogP contribution < -0.4 is 0 Å². The quantitative estimate of drug-likeness (QED) is 0.640. The second-order valence-electron chi connectivity index (χ2n) is 6.08. The number of tetrazole rings is 1. The maximum absolute atomic E-state index is 11.9. The van der Waals surface area contributed by atoms with Crippen molar-refractivity contribution < 1.29 is 4.79 Å². The standard InChI is InChI=1S/C10H19N5OSi/c1-10(2,3)17(4,5)15-7(6-8(15)16)9-11-13-14-12-9/h7H,6H2,1-5H3,(H,11,12,13,14)/t7-/m0/s1. The number of aromatic nitrogens is 4. The van der Waals surface area contributed by atoms with Crippen LogP contribution in [0.1, 0.15) is 39.1 Å². The van der Waals surface area contributed by atoms with Gasteiger partial charge < -0.3 is 4.57 Å². The Balaban J connectivity index is 2.28. The van der Waals surface area contributed by atoms with Crippen molar-refractivity contribution in [3.63, 3.8) is 0 Å². The van der Waals surface area contributed by atoms with Crippen LogP contribution in [-0.4, -0.2) is 39.3 Å². The molecule has 2 rings (SSSR count). The van der Waals surface area contributed by atoms with Crippen molar-refractivity contribution in [2.24, 2.45) is 0 Å². The summed E-state index contributed by atoms with van der Waals surface area (Å²) in [7, 11) is -1.84. The molecule has 2 heterocycles. The number of amides is 1. The second kappa shape index (κ2) is 3.62. The van der Waals surface area contributed by atoms with Gasteiger partial charge in [-0.3, -0.25) is 4.79 Å². The summed E-state index contributed by atoms with van der Waals surface area (Å²) in [6.07, 6.45) is 0.517. The van der Waals surface area contributed by atoms with E-state index in [9.17, 15) is 4.79 Å². The van der Waals surface area contributed by atoms with Gasteiger partial charge in [-0.05, 0) is 15.5 Å². The summed E-state index contributed by atoms with van der Waals surface area (Å²) in [5.41, 5.74) is 0.